The molecule has 0 aromatic heterocycles. The monoisotopic (exact) mass is 464 g/mol. The number of carbonyl (C=O) groups excluding carboxylic acids is 1. The second kappa shape index (κ2) is 8.70. The lowest BCUT2D eigenvalue weighted by Gasteiger charge is -2.20. The number of aryl methyl sites for hydroxylation is 2. The molecule has 2 aromatic rings. The second-order valence-electron chi connectivity index (χ2n) is 7.86. The Morgan fingerprint density at radius 2 is 1.26 bits per heavy atom. The summed E-state index contributed by atoms with van der Waals surface area (Å²) in [5, 5.41) is 49.6. The average Bonchev–Trinajstić information content (AvgIpc) is 2.74. The molecule has 9 heteroatoms. The molecule has 9 nitrogen and oxygen atoms in total. The van der Waals surface area contributed by atoms with Gasteiger partial charge in [0.25, 0.3) is 0 Å². The molecule has 0 amide bonds. The number of carboxylic acids is 3. The van der Waals surface area contributed by atoms with E-state index in [1.807, 2.05) is 0 Å². The van der Waals surface area contributed by atoms with Gasteiger partial charge in [0.2, 0.25) is 0 Å². The van der Waals surface area contributed by atoms with Crippen LogP contribution in [0.3, 0.4) is 0 Å². The summed E-state index contributed by atoms with van der Waals surface area (Å²) < 4.78 is 0. The largest absolute Gasteiger partial charge is 0.507 e. The summed E-state index contributed by atoms with van der Waals surface area (Å²) in [6.07, 6.45) is 2.45. The van der Waals surface area contributed by atoms with Crippen LogP contribution in [-0.4, -0.2) is 49.2 Å². The van der Waals surface area contributed by atoms with E-state index >= 15 is 0 Å². The number of carbonyl (C=O) groups is 4. The molecule has 1 aliphatic rings. The van der Waals surface area contributed by atoms with Crippen LogP contribution >= 0.6 is 0 Å². The third-order valence-corrected chi connectivity index (χ3v) is 5.37. The highest BCUT2D eigenvalue weighted by Gasteiger charge is 2.27. The van der Waals surface area contributed by atoms with Gasteiger partial charge >= 0.3 is 17.9 Å². The predicted molar refractivity (Wildman–Crippen MR) is 120 cm³/mol. The molecule has 1 aliphatic carbocycles. The summed E-state index contributed by atoms with van der Waals surface area (Å²) >= 11 is 0. The van der Waals surface area contributed by atoms with Gasteiger partial charge in [-0.3, -0.25) is 4.79 Å². The topological polar surface area (TPSA) is 169 Å². The summed E-state index contributed by atoms with van der Waals surface area (Å²) in [6, 6.07) is 5.25. The first-order chi connectivity index (χ1) is 15.8. The fourth-order valence-corrected chi connectivity index (χ4v) is 3.77. The van der Waals surface area contributed by atoms with Gasteiger partial charge in [-0.15, -0.1) is 0 Å². The molecule has 0 aliphatic heterocycles. The zero-order chi connectivity index (χ0) is 25.5. The van der Waals surface area contributed by atoms with Crippen LogP contribution < -0.4 is 0 Å². The van der Waals surface area contributed by atoms with Crippen molar-refractivity contribution in [1.29, 1.82) is 0 Å². The molecule has 2 aromatic carbocycles. The maximum atomic E-state index is 12.3. The molecule has 5 N–H and O–H groups in total. The minimum absolute atomic E-state index is 0.0202. The van der Waals surface area contributed by atoms with Gasteiger partial charge in [0, 0.05) is 5.56 Å². The summed E-state index contributed by atoms with van der Waals surface area (Å²) in [4.78, 5) is 47.4. The van der Waals surface area contributed by atoms with Crippen LogP contribution in [0.25, 0.3) is 5.57 Å². The van der Waals surface area contributed by atoms with Crippen LogP contribution in [-0.2, 0) is 9.59 Å². The Kier molecular flexibility index (Phi) is 6.14. The number of allylic oxidation sites excluding steroid dienone is 4. The maximum Gasteiger partial charge on any atom is 0.339 e. The number of hydrogen-bond acceptors (Lipinski definition) is 6. The van der Waals surface area contributed by atoms with E-state index in [2.05, 4.69) is 0 Å². The van der Waals surface area contributed by atoms with E-state index < -0.39 is 51.9 Å². The Labute approximate surface area is 193 Å². The van der Waals surface area contributed by atoms with E-state index in [1.165, 1.54) is 38.1 Å². The maximum absolute atomic E-state index is 12.3. The van der Waals surface area contributed by atoms with Crippen molar-refractivity contribution in [3.8, 4) is 11.5 Å². The van der Waals surface area contributed by atoms with Gasteiger partial charge in [0.15, 0.2) is 5.78 Å². The Bertz CT molecular complexity index is 1390. The molecule has 34 heavy (non-hydrogen) atoms. The average molecular weight is 464 g/mol. The van der Waals surface area contributed by atoms with Gasteiger partial charge in [-0.25, -0.2) is 14.4 Å². The van der Waals surface area contributed by atoms with E-state index in [1.54, 1.807) is 6.92 Å². The zero-order valence-electron chi connectivity index (χ0n) is 18.3. The first kappa shape index (κ1) is 24.0. The number of ketones is 1. The number of phenols is 2. The Morgan fingerprint density at radius 1 is 0.706 bits per heavy atom. The summed E-state index contributed by atoms with van der Waals surface area (Å²) in [5.74, 6) is -6.15. The van der Waals surface area contributed by atoms with Crippen molar-refractivity contribution in [2.45, 2.75) is 20.8 Å². The van der Waals surface area contributed by atoms with Crippen molar-refractivity contribution in [2.24, 2.45) is 0 Å². The molecule has 0 atom stereocenters. The van der Waals surface area contributed by atoms with E-state index in [4.69, 9.17) is 0 Å². The second-order valence-corrected chi connectivity index (χ2v) is 7.86. The van der Waals surface area contributed by atoms with Crippen molar-refractivity contribution in [3.05, 3.63) is 86.5 Å². The first-order valence-electron chi connectivity index (χ1n) is 9.90. The van der Waals surface area contributed by atoms with Crippen molar-refractivity contribution in [2.75, 3.05) is 0 Å². The molecule has 0 spiro atoms. The quantitative estimate of drug-likeness (QED) is 0.416. The zero-order valence-corrected chi connectivity index (χ0v) is 18.3. The smallest absolute Gasteiger partial charge is 0.339 e. The van der Waals surface area contributed by atoms with Crippen LogP contribution in [0.2, 0.25) is 0 Å². The molecule has 0 bridgehead atoms. The molecule has 174 valence electrons. The molecule has 0 heterocycles. The van der Waals surface area contributed by atoms with Gasteiger partial charge in [0.1, 0.15) is 28.2 Å². The van der Waals surface area contributed by atoms with Gasteiger partial charge < -0.3 is 25.5 Å². The highest BCUT2D eigenvalue weighted by molar-refractivity contribution is 6.25. The lowest BCUT2D eigenvalue weighted by atomic mass is 9.84. The van der Waals surface area contributed by atoms with E-state index in [0.29, 0.717) is 5.56 Å². The number of benzene rings is 2. The van der Waals surface area contributed by atoms with Crippen LogP contribution in [0.5, 0.6) is 11.5 Å². The molecule has 0 saturated carbocycles. The third-order valence-electron chi connectivity index (χ3n) is 5.37. The van der Waals surface area contributed by atoms with E-state index in [-0.39, 0.29) is 33.4 Å². The number of aromatic hydroxyl groups is 2. The first-order valence-corrected chi connectivity index (χ1v) is 9.90. The number of hydrogen-bond donors (Lipinski definition) is 5. The fourth-order valence-electron chi connectivity index (χ4n) is 3.77. The Balaban J connectivity index is 2.55. The van der Waals surface area contributed by atoms with E-state index in [0.717, 1.165) is 12.1 Å². The normalized spacial score (nSPS) is 14.9. The fraction of sp³-hybridized carbons (Fsp3) is 0.120. The molecular formula is C25H20O9. The minimum atomic E-state index is -1.48. The number of Topliss-reactive ketones (excluding diaryl/α,β-unsaturated/α-hetero) is 1. The number of carboxylic acid groups (broad SMARTS) is 3. The van der Waals surface area contributed by atoms with Gasteiger partial charge in [-0.1, -0.05) is 0 Å². The summed E-state index contributed by atoms with van der Waals surface area (Å²) in [7, 11) is 0. The minimum Gasteiger partial charge on any atom is -0.507 e. The van der Waals surface area contributed by atoms with Gasteiger partial charge in [-0.05, 0) is 90.6 Å². The predicted octanol–water partition coefficient (Wildman–Crippen LogP) is 3.45. The Morgan fingerprint density at radius 3 is 1.82 bits per heavy atom. The van der Waals surface area contributed by atoms with Crippen LogP contribution in [0.15, 0.2) is 53.1 Å². The Hall–Kier alpha value is -4.66. The van der Waals surface area contributed by atoms with Crippen molar-refractivity contribution >= 4 is 29.3 Å². The molecular weight excluding hydrogens is 444 g/mol. The summed E-state index contributed by atoms with van der Waals surface area (Å²) in [6.45, 7) is 4.45. The molecule has 0 fully saturated rings. The molecule has 0 radical (unpaired) electrons. The van der Waals surface area contributed by atoms with E-state index in [9.17, 15) is 44.7 Å². The van der Waals surface area contributed by atoms with Crippen LogP contribution in [0.4, 0.5) is 0 Å². The molecule has 0 unspecified atom stereocenters. The molecule has 0 saturated heterocycles. The van der Waals surface area contributed by atoms with Crippen molar-refractivity contribution in [3.63, 3.8) is 0 Å². The van der Waals surface area contributed by atoms with Crippen LogP contribution in [0, 0.1) is 13.8 Å². The van der Waals surface area contributed by atoms with Gasteiger partial charge in [0.05, 0.1) is 0 Å². The SMILES string of the molecule is CC1=CC(=C(c2cc(C)c(O)c(C(=O)O)c2)c2cc(C)cc(C(=O)O)c2O)C=C(C(=O)O)C1=O. The number of rotatable bonds is 5. The lowest BCUT2D eigenvalue weighted by Crippen LogP contribution is -2.17. The molecule has 3 rings (SSSR count). The number of aromatic carboxylic acids is 2. The lowest BCUT2D eigenvalue weighted by molar-refractivity contribution is -0.134. The number of aliphatic carboxylic acids is 1. The third kappa shape index (κ3) is 4.18. The van der Waals surface area contributed by atoms with Gasteiger partial charge in [-0.2, -0.15) is 0 Å². The summed E-state index contributed by atoms with van der Waals surface area (Å²) in [5.41, 5.74) is -0.369. The van der Waals surface area contributed by atoms with Crippen molar-refractivity contribution < 1.29 is 44.7 Å². The standard InChI is InChI=1S/C25H20O9/c1-10-4-15(22(28)16(5-10)23(29)30)19(13-6-11(2)20(26)17(8-13)24(31)32)14-7-12(3)21(27)18(9-14)25(33)34/h4-9,26,28H,1-3H3,(H,29,30)(H,31,32)(H,33,34). The highest BCUT2D eigenvalue weighted by Crippen LogP contribution is 2.40. The van der Waals surface area contributed by atoms with Crippen LogP contribution in [0.1, 0.15) is 49.9 Å². The highest BCUT2D eigenvalue weighted by atomic mass is 16.4. The van der Waals surface area contributed by atoms with Crippen molar-refractivity contribution in [1.82, 2.24) is 0 Å².